The predicted octanol–water partition coefficient (Wildman–Crippen LogP) is 3.46. The fraction of sp³-hybridized carbons (Fsp3) is 0.667. The number of aromatic nitrogens is 1. The fourth-order valence-electron chi connectivity index (χ4n) is 3.32. The molecule has 1 amide bonds. The standard InChI is InChI=1S/C18H28N4O4/c1-7-20(15-9-8-10-16(19-15)22(24)25)14-11-21(13(3)12(14)2)17(23)26-18(4,5)6/h8-10,12-14H,7,11H2,1-6H3. The van der Waals surface area contributed by atoms with E-state index in [9.17, 15) is 14.9 Å². The Balaban J connectivity index is 2.24. The number of carbonyl (C=O) groups excluding carboxylic acids is 1. The van der Waals surface area contributed by atoms with Gasteiger partial charge in [0.25, 0.3) is 0 Å². The number of anilines is 1. The summed E-state index contributed by atoms with van der Waals surface area (Å²) in [6, 6.07) is 4.80. The number of nitrogens with zero attached hydrogens (tertiary/aromatic N) is 4. The van der Waals surface area contributed by atoms with E-state index in [1.165, 1.54) is 6.07 Å². The highest BCUT2D eigenvalue weighted by molar-refractivity contribution is 5.69. The summed E-state index contributed by atoms with van der Waals surface area (Å²) in [7, 11) is 0. The molecule has 2 heterocycles. The van der Waals surface area contributed by atoms with Crippen LogP contribution in [0.2, 0.25) is 0 Å². The molecule has 26 heavy (non-hydrogen) atoms. The molecule has 1 fully saturated rings. The van der Waals surface area contributed by atoms with Crippen molar-refractivity contribution in [1.82, 2.24) is 9.88 Å². The number of amides is 1. The van der Waals surface area contributed by atoms with Crippen LogP contribution in [0.1, 0.15) is 41.5 Å². The van der Waals surface area contributed by atoms with Crippen LogP contribution in [0.3, 0.4) is 0 Å². The average Bonchev–Trinajstić information content (AvgIpc) is 2.83. The number of likely N-dealkylation sites (N-methyl/N-ethyl adjacent to an activating group) is 1. The summed E-state index contributed by atoms with van der Waals surface area (Å²) < 4.78 is 5.52. The zero-order valence-corrected chi connectivity index (χ0v) is 16.3. The number of pyridine rings is 1. The van der Waals surface area contributed by atoms with E-state index in [0.29, 0.717) is 18.9 Å². The molecule has 8 heteroatoms. The third-order valence-corrected chi connectivity index (χ3v) is 4.81. The summed E-state index contributed by atoms with van der Waals surface area (Å²) in [5, 5.41) is 11.0. The molecule has 2 rings (SSSR count). The van der Waals surface area contributed by atoms with Gasteiger partial charge in [-0.2, -0.15) is 0 Å². The lowest BCUT2D eigenvalue weighted by Crippen LogP contribution is -2.42. The summed E-state index contributed by atoms with van der Waals surface area (Å²) in [6.07, 6.45) is -0.331. The van der Waals surface area contributed by atoms with E-state index >= 15 is 0 Å². The number of carbonyl (C=O) groups is 1. The van der Waals surface area contributed by atoms with E-state index in [0.717, 1.165) is 0 Å². The quantitative estimate of drug-likeness (QED) is 0.600. The van der Waals surface area contributed by atoms with Gasteiger partial charge >= 0.3 is 11.9 Å². The van der Waals surface area contributed by atoms with Gasteiger partial charge in [0.05, 0.1) is 6.04 Å². The Hall–Kier alpha value is -2.38. The molecule has 3 unspecified atom stereocenters. The molecule has 8 nitrogen and oxygen atoms in total. The van der Waals surface area contributed by atoms with Crippen molar-refractivity contribution in [2.45, 2.75) is 59.2 Å². The molecule has 1 aromatic heterocycles. The first-order valence-electron chi connectivity index (χ1n) is 8.93. The second kappa shape index (κ2) is 7.47. The zero-order chi connectivity index (χ0) is 19.6. The lowest BCUT2D eigenvalue weighted by atomic mass is 9.98. The van der Waals surface area contributed by atoms with Gasteiger partial charge in [-0.05, 0) is 56.5 Å². The molecule has 0 radical (unpaired) electrons. The van der Waals surface area contributed by atoms with Crippen molar-refractivity contribution < 1.29 is 14.5 Å². The van der Waals surface area contributed by atoms with Gasteiger partial charge in [-0.15, -0.1) is 0 Å². The molecule has 0 saturated carbocycles. The Kier molecular flexibility index (Phi) is 5.73. The minimum absolute atomic E-state index is 0.00241. The highest BCUT2D eigenvalue weighted by atomic mass is 16.6. The second-order valence-corrected chi connectivity index (χ2v) is 7.70. The predicted molar refractivity (Wildman–Crippen MR) is 99.3 cm³/mol. The van der Waals surface area contributed by atoms with Gasteiger partial charge in [-0.1, -0.05) is 6.92 Å². The summed E-state index contributed by atoms with van der Waals surface area (Å²) >= 11 is 0. The molecule has 3 atom stereocenters. The average molecular weight is 364 g/mol. The van der Waals surface area contributed by atoms with Crippen LogP contribution in [-0.4, -0.2) is 51.7 Å². The van der Waals surface area contributed by atoms with E-state index in [1.807, 2.05) is 39.5 Å². The van der Waals surface area contributed by atoms with Gasteiger partial charge in [0.1, 0.15) is 5.60 Å². The number of likely N-dealkylation sites (tertiary alicyclic amines) is 1. The lowest BCUT2D eigenvalue weighted by Gasteiger charge is -2.29. The van der Waals surface area contributed by atoms with Gasteiger partial charge in [0.2, 0.25) is 5.82 Å². The molecule has 1 aliphatic heterocycles. The Morgan fingerprint density at radius 3 is 2.62 bits per heavy atom. The van der Waals surface area contributed by atoms with Crippen molar-refractivity contribution in [2.75, 3.05) is 18.0 Å². The molecule has 1 aromatic rings. The Labute approximate surface area is 154 Å². The highest BCUT2D eigenvalue weighted by Gasteiger charge is 2.43. The van der Waals surface area contributed by atoms with Crippen LogP contribution >= 0.6 is 0 Å². The van der Waals surface area contributed by atoms with Crippen LogP contribution in [0.4, 0.5) is 16.4 Å². The number of hydrogen-bond donors (Lipinski definition) is 0. The van der Waals surface area contributed by atoms with Gasteiger partial charge in [-0.25, -0.2) is 4.79 Å². The summed E-state index contributed by atoms with van der Waals surface area (Å²) in [4.78, 5) is 31.0. The first-order valence-corrected chi connectivity index (χ1v) is 8.93. The van der Waals surface area contributed by atoms with Crippen molar-refractivity contribution in [3.8, 4) is 0 Å². The van der Waals surface area contributed by atoms with E-state index in [4.69, 9.17) is 4.74 Å². The number of rotatable bonds is 4. The Bertz CT molecular complexity index is 673. The molecule has 0 aliphatic carbocycles. The number of nitro groups is 1. The molecule has 0 aromatic carbocycles. The van der Waals surface area contributed by atoms with Crippen LogP contribution in [0, 0.1) is 16.0 Å². The maximum atomic E-state index is 12.5. The van der Waals surface area contributed by atoms with Gasteiger partial charge in [0, 0.05) is 31.3 Å². The highest BCUT2D eigenvalue weighted by Crippen LogP contribution is 2.32. The summed E-state index contributed by atoms with van der Waals surface area (Å²) in [5.41, 5.74) is -0.551. The Morgan fingerprint density at radius 1 is 1.42 bits per heavy atom. The van der Waals surface area contributed by atoms with Crippen molar-refractivity contribution >= 4 is 17.7 Å². The van der Waals surface area contributed by atoms with Crippen LogP contribution in [0.25, 0.3) is 0 Å². The minimum Gasteiger partial charge on any atom is -0.444 e. The van der Waals surface area contributed by atoms with Crippen molar-refractivity contribution in [3.63, 3.8) is 0 Å². The molecule has 0 spiro atoms. The maximum absolute atomic E-state index is 12.5. The molecular formula is C18H28N4O4. The summed E-state index contributed by atoms with van der Waals surface area (Å²) in [5.74, 6) is 0.545. The molecular weight excluding hydrogens is 336 g/mol. The fourth-order valence-corrected chi connectivity index (χ4v) is 3.32. The molecule has 0 bridgehead atoms. The monoisotopic (exact) mass is 364 g/mol. The van der Waals surface area contributed by atoms with Gasteiger partial charge in [0.15, 0.2) is 0 Å². The van der Waals surface area contributed by atoms with Crippen LogP contribution in [0.15, 0.2) is 18.2 Å². The molecule has 1 saturated heterocycles. The van der Waals surface area contributed by atoms with E-state index in [2.05, 4.69) is 11.9 Å². The molecule has 0 N–H and O–H groups in total. The van der Waals surface area contributed by atoms with E-state index in [1.54, 1.807) is 17.0 Å². The topological polar surface area (TPSA) is 88.8 Å². The number of hydrogen-bond acceptors (Lipinski definition) is 6. The smallest absolute Gasteiger partial charge is 0.410 e. The largest absolute Gasteiger partial charge is 0.444 e. The van der Waals surface area contributed by atoms with Crippen molar-refractivity contribution in [2.24, 2.45) is 5.92 Å². The van der Waals surface area contributed by atoms with Crippen LogP contribution < -0.4 is 4.90 Å². The first kappa shape index (κ1) is 19.9. The van der Waals surface area contributed by atoms with Gasteiger partial charge < -0.3 is 24.7 Å². The normalized spacial score (nSPS) is 23.0. The third kappa shape index (κ3) is 4.23. The lowest BCUT2D eigenvalue weighted by molar-refractivity contribution is -0.389. The van der Waals surface area contributed by atoms with Crippen LogP contribution in [-0.2, 0) is 4.74 Å². The van der Waals surface area contributed by atoms with Crippen LogP contribution in [0.5, 0.6) is 0 Å². The summed E-state index contributed by atoms with van der Waals surface area (Å²) in [6.45, 7) is 12.7. The first-order chi connectivity index (χ1) is 12.0. The van der Waals surface area contributed by atoms with Crippen molar-refractivity contribution in [3.05, 3.63) is 28.3 Å². The van der Waals surface area contributed by atoms with E-state index in [-0.39, 0.29) is 29.9 Å². The SMILES string of the molecule is CCN(c1cccc([N+](=O)[O-])n1)C1CN(C(=O)OC(C)(C)C)C(C)C1C. The van der Waals surface area contributed by atoms with E-state index < -0.39 is 10.5 Å². The zero-order valence-electron chi connectivity index (χ0n) is 16.3. The molecule has 1 aliphatic rings. The second-order valence-electron chi connectivity index (χ2n) is 7.70. The number of ether oxygens (including phenoxy) is 1. The third-order valence-electron chi connectivity index (χ3n) is 4.81. The minimum atomic E-state index is -0.551. The molecule has 144 valence electrons. The van der Waals surface area contributed by atoms with Gasteiger partial charge in [-0.3, -0.25) is 0 Å². The Morgan fingerprint density at radius 2 is 2.08 bits per heavy atom. The van der Waals surface area contributed by atoms with Crippen molar-refractivity contribution in [1.29, 1.82) is 0 Å². The maximum Gasteiger partial charge on any atom is 0.410 e.